The van der Waals surface area contributed by atoms with Crippen LogP contribution in [0.25, 0.3) is 0 Å². The molecular weight excluding hydrogens is 362 g/mol. The fourth-order valence-electron chi connectivity index (χ4n) is 4.18. The molecule has 0 fully saturated rings. The molecule has 7 heteroatoms. The molecule has 0 unspecified atom stereocenters. The standard InChI is InChI=1S/C20H27N3O3S/c1-13(2)19-21-15-12-23(10-9-16(15)22(19)5)27(24,25)17-8-6-7-14-11-20(3,4)26-18(14)17/h6-8,13H,9-12H2,1-5H3. The van der Waals surface area contributed by atoms with Gasteiger partial charge in [0.25, 0.3) is 0 Å². The van der Waals surface area contributed by atoms with Crippen LogP contribution in [0.5, 0.6) is 5.75 Å². The van der Waals surface area contributed by atoms with Gasteiger partial charge in [-0.2, -0.15) is 4.31 Å². The Kier molecular flexibility index (Phi) is 4.16. The van der Waals surface area contributed by atoms with Gasteiger partial charge in [0.1, 0.15) is 22.1 Å². The van der Waals surface area contributed by atoms with Gasteiger partial charge in [0.05, 0.1) is 12.2 Å². The monoisotopic (exact) mass is 389 g/mol. The van der Waals surface area contributed by atoms with Gasteiger partial charge in [0.15, 0.2) is 0 Å². The van der Waals surface area contributed by atoms with E-state index in [1.807, 2.05) is 33.0 Å². The molecule has 1 aromatic carbocycles. The smallest absolute Gasteiger partial charge is 0.247 e. The van der Waals surface area contributed by atoms with Crippen LogP contribution >= 0.6 is 0 Å². The zero-order chi connectivity index (χ0) is 19.6. The summed E-state index contributed by atoms with van der Waals surface area (Å²) in [7, 11) is -1.63. The first-order chi connectivity index (χ1) is 12.6. The molecule has 0 radical (unpaired) electrons. The SMILES string of the molecule is CC(C)c1nc2c(n1C)CCN(S(=O)(=O)c1cccc3c1OC(C)(C)C3)C2. The first-order valence-electron chi connectivity index (χ1n) is 9.45. The van der Waals surface area contributed by atoms with Crippen molar-refractivity contribution in [2.24, 2.45) is 7.05 Å². The highest BCUT2D eigenvalue weighted by Gasteiger charge is 2.38. The largest absolute Gasteiger partial charge is 0.486 e. The zero-order valence-electron chi connectivity index (χ0n) is 16.6. The molecule has 4 rings (SSSR count). The predicted octanol–water partition coefficient (Wildman–Crippen LogP) is 3.00. The van der Waals surface area contributed by atoms with Crippen LogP contribution in [0.15, 0.2) is 23.1 Å². The molecule has 146 valence electrons. The molecule has 0 spiro atoms. The number of aromatic nitrogens is 2. The van der Waals surface area contributed by atoms with Crippen molar-refractivity contribution in [2.75, 3.05) is 6.54 Å². The van der Waals surface area contributed by atoms with E-state index in [1.54, 1.807) is 6.07 Å². The zero-order valence-corrected chi connectivity index (χ0v) is 17.4. The van der Waals surface area contributed by atoms with Crippen LogP contribution in [0.3, 0.4) is 0 Å². The first kappa shape index (κ1) is 18.5. The van der Waals surface area contributed by atoms with Crippen LogP contribution in [0.4, 0.5) is 0 Å². The summed E-state index contributed by atoms with van der Waals surface area (Å²) >= 11 is 0. The lowest BCUT2D eigenvalue weighted by molar-refractivity contribution is 0.134. The fraction of sp³-hybridized carbons (Fsp3) is 0.550. The number of rotatable bonds is 3. The van der Waals surface area contributed by atoms with Gasteiger partial charge >= 0.3 is 0 Å². The molecule has 0 saturated heterocycles. The topological polar surface area (TPSA) is 64.4 Å². The predicted molar refractivity (Wildman–Crippen MR) is 103 cm³/mol. The molecule has 3 heterocycles. The Morgan fingerprint density at radius 2 is 2.00 bits per heavy atom. The molecule has 0 atom stereocenters. The average molecular weight is 390 g/mol. The van der Waals surface area contributed by atoms with Crippen molar-refractivity contribution in [2.45, 2.75) is 63.5 Å². The lowest BCUT2D eigenvalue weighted by atomic mass is 10.0. The van der Waals surface area contributed by atoms with Gasteiger partial charge in [-0.05, 0) is 25.5 Å². The lowest BCUT2D eigenvalue weighted by Crippen LogP contribution is -2.36. The average Bonchev–Trinajstić information content (AvgIpc) is 3.09. The van der Waals surface area contributed by atoms with Crippen molar-refractivity contribution in [3.8, 4) is 5.75 Å². The minimum absolute atomic E-state index is 0.272. The van der Waals surface area contributed by atoms with Crippen LogP contribution in [-0.4, -0.2) is 34.4 Å². The quantitative estimate of drug-likeness (QED) is 0.809. The van der Waals surface area contributed by atoms with E-state index in [9.17, 15) is 8.42 Å². The Morgan fingerprint density at radius 1 is 1.26 bits per heavy atom. The Hall–Kier alpha value is -1.86. The molecule has 0 N–H and O–H groups in total. The fourth-order valence-corrected chi connectivity index (χ4v) is 5.74. The number of hydrogen-bond acceptors (Lipinski definition) is 4. The van der Waals surface area contributed by atoms with Crippen molar-refractivity contribution in [1.29, 1.82) is 0 Å². The van der Waals surface area contributed by atoms with Crippen LogP contribution in [0, 0.1) is 0 Å². The minimum Gasteiger partial charge on any atom is -0.486 e. The molecule has 2 aliphatic rings. The van der Waals surface area contributed by atoms with Crippen molar-refractivity contribution in [1.82, 2.24) is 13.9 Å². The number of ether oxygens (including phenoxy) is 1. The van der Waals surface area contributed by atoms with E-state index >= 15 is 0 Å². The molecule has 27 heavy (non-hydrogen) atoms. The molecule has 2 aromatic rings. The number of imidazole rings is 1. The molecule has 2 aliphatic heterocycles. The minimum atomic E-state index is -3.64. The molecule has 0 amide bonds. The van der Waals surface area contributed by atoms with Gasteiger partial charge in [-0.1, -0.05) is 26.0 Å². The summed E-state index contributed by atoms with van der Waals surface area (Å²) in [5.41, 5.74) is 2.58. The summed E-state index contributed by atoms with van der Waals surface area (Å²) in [6, 6.07) is 5.41. The van der Waals surface area contributed by atoms with Gasteiger partial charge in [-0.3, -0.25) is 0 Å². The van der Waals surface area contributed by atoms with E-state index in [0.29, 0.717) is 37.6 Å². The maximum Gasteiger partial charge on any atom is 0.247 e. The van der Waals surface area contributed by atoms with Gasteiger partial charge in [-0.15, -0.1) is 0 Å². The van der Waals surface area contributed by atoms with E-state index in [0.717, 1.165) is 22.8 Å². The molecular formula is C20H27N3O3S. The van der Waals surface area contributed by atoms with Gasteiger partial charge < -0.3 is 9.30 Å². The van der Waals surface area contributed by atoms with E-state index < -0.39 is 10.0 Å². The number of fused-ring (bicyclic) bond motifs is 2. The van der Waals surface area contributed by atoms with Crippen molar-refractivity contribution < 1.29 is 13.2 Å². The molecule has 0 aliphatic carbocycles. The summed E-state index contributed by atoms with van der Waals surface area (Å²) in [4.78, 5) is 5.00. The Bertz CT molecular complexity index is 1010. The summed E-state index contributed by atoms with van der Waals surface area (Å²) in [5, 5.41) is 0. The second kappa shape index (κ2) is 6.07. The Morgan fingerprint density at radius 3 is 2.70 bits per heavy atom. The summed E-state index contributed by atoms with van der Waals surface area (Å²) < 4.78 is 36.5. The lowest BCUT2D eigenvalue weighted by Gasteiger charge is -2.27. The van der Waals surface area contributed by atoms with E-state index in [1.165, 1.54) is 4.31 Å². The highest BCUT2D eigenvalue weighted by Crippen LogP contribution is 2.41. The van der Waals surface area contributed by atoms with Crippen LogP contribution in [0.1, 0.15) is 56.4 Å². The van der Waals surface area contributed by atoms with Crippen molar-refractivity contribution in [3.05, 3.63) is 41.0 Å². The van der Waals surface area contributed by atoms with Crippen LogP contribution in [0.2, 0.25) is 0 Å². The van der Waals surface area contributed by atoms with E-state index in [-0.39, 0.29) is 10.5 Å². The first-order valence-corrected chi connectivity index (χ1v) is 10.9. The third kappa shape index (κ3) is 2.97. The summed E-state index contributed by atoms with van der Waals surface area (Å²) in [6.45, 7) is 8.95. The number of sulfonamides is 1. The molecule has 0 bridgehead atoms. The van der Waals surface area contributed by atoms with E-state index in [2.05, 4.69) is 18.4 Å². The number of benzene rings is 1. The molecule has 1 aromatic heterocycles. The maximum atomic E-state index is 13.4. The highest BCUT2D eigenvalue weighted by molar-refractivity contribution is 7.89. The Balaban J connectivity index is 1.70. The maximum absolute atomic E-state index is 13.4. The third-order valence-electron chi connectivity index (χ3n) is 5.44. The molecule has 6 nitrogen and oxygen atoms in total. The molecule has 0 saturated carbocycles. The summed E-state index contributed by atoms with van der Waals surface area (Å²) in [6.07, 6.45) is 1.39. The van der Waals surface area contributed by atoms with Crippen molar-refractivity contribution in [3.63, 3.8) is 0 Å². The highest BCUT2D eigenvalue weighted by atomic mass is 32.2. The second-order valence-corrected chi connectivity index (χ2v) is 10.4. The van der Waals surface area contributed by atoms with Crippen molar-refractivity contribution >= 4 is 10.0 Å². The van der Waals surface area contributed by atoms with Crippen LogP contribution in [-0.2, 0) is 36.5 Å². The number of nitrogens with zero attached hydrogens (tertiary/aromatic N) is 3. The van der Waals surface area contributed by atoms with Gasteiger partial charge in [0.2, 0.25) is 10.0 Å². The Labute approximate surface area is 161 Å². The van der Waals surface area contributed by atoms with Gasteiger partial charge in [0, 0.05) is 38.0 Å². The second-order valence-electron chi connectivity index (χ2n) is 8.45. The number of hydrogen-bond donors (Lipinski definition) is 0. The normalized spacial score (nSPS) is 19.0. The number of para-hydroxylation sites is 1. The van der Waals surface area contributed by atoms with Gasteiger partial charge in [-0.25, -0.2) is 13.4 Å². The van der Waals surface area contributed by atoms with E-state index in [4.69, 9.17) is 9.72 Å². The van der Waals surface area contributed by atoms with Crippen LogP contribution < -0.4 is 4.74 Å². The summed E-state index contributed by atoms with van der Waals surface area (Å²) in [5.74, 6) is 1.82. The third-order valence-corrected chi connectivity index (χ3v) is 7.31.